The second kappa shape index (κ2) is 11.6. The summed E-state index contributed by atoms with van der Waals surface area (Å²) in [5.41, 5.74) is 6.56. The van der Waals surface area contributed by atoms with E-state index in [1.807, 2.05) is 38.4 Å². The second-order valence-corrected chi connectivity index (χ2v) is 6.66. The molecule has 144 valence electrons. The minimum absolute atomic E-state index is 0. The van der Waals surface area contributed by atoms with Crippen molar-refractivity contribution in [1.29, 1.82) is 0 Å². The molecule has 0 heterocycles. The van der Waals surface area contributed by atoms with Crippen LogP contribution in [0.15, 0.2) is 24.3 Å². The lowest BCUT2D eigenvalue weighted by Gasteiger charge is -2.31. The average Bonchev–Trinajstić information content (AvgIpc) is 2.54. The number of halogens is 2. The molecule has 0 unspecified atom stereocenters. The fourth-order valence-electron chi connectivity index (χ4n) is 2.89. The van der Waals surface area contributed by atoms with Crippen molar-refractivity contribution in [3.63, 3.8) is 0 Å². The van der Waals surface area contributed by atoms with Gasteiger partial charge in [-0.1, -0.05) is 37.5 Å². The molecular formula is C18H31Cl2N3O2. The molecule has 0 saturated heterocycles. The molecule has 1 aromatic rings. The summed E-state index contributed by atoms with van der Waals surface area (Å²) >= 11 is 0. The van der Waals surface area contributed by atoms with Crippen molar-refractivity contribution in [3.8, 4) is 5.75 Å². The highest BCUT2D eigenvalue weighted by atomic mass is 35.5. The van der Waals surface area contributed by atoms with Crippen LogP contribution in [0.3, 0.4) is 0 Å². The molecular weight excluding hydrogens is 361 g/mol. The molecule has 1 saturated carbocycles. The Morgan fingerprint density at radius 3 is 2.48 bits per heavy atom. The summed E-state index contributed by atoms with van der Waals surface area (Å²) in [6, 6.07) is 7.83. The van der Waals surface area contributed by atoms with E-state index in [4.69, 9.17) is 10.5 Å². The van der Waals surface area contributed by atoms with Crippen molar-refractivity contribution in [2.75, 3.05) is 27.2 Å². The van der Waals surface area contributed by atoms with Crippen LogP contribution < -0.4 is 15.8 Å². The van der Waals surface area contributed by atoms with Crippen molar-refractivity contribution >= 4 is 30.7 Å². The van der Waals surface area contributed by atoms with Gasteiger partial charge in [0, 0.05) is 18.7 Å². The predicted molar refractivity (Wildman–Crippen MR) is 107 cm³/mol. The first-order chi connectivity index (χ1) is 11.0. The van der Waals surface area contributed by atoms with Gasteiger partial charge in [-0.25, -0.2) is 0 Å². The number of para-hydroxylation sites is 1. The number of carbonyl (C=O) groups excluding carboxylic acids is 1. The number of nitrogens with one attached hydrogen (secondary N) is 1. The zero-order chi connectivity index (χ0) is 16.7. The van der Waals surface area contributed by atoms with E-state index >= 15 is 0 Å². The normalized spacial score (nSPS) is 15.7. The van der Waals surface area contributed by atoms with Crippen molar-refractivity contribution in [3.05, 3.63) is 29.8 Å². The Bertz CT molecular complexity index is 521. The lowest BCUT2D eigenvalue weighted by atomic mass is 9.82. The number of nitrogens with two attached hydrogens (primary N) is 1. The van der Waals surface area contributed by atoms with Gasteiger partial charge in [-0.3, -0.25) is 4.79 Å². The molecule has 0 spiro atoms. The number of carbonyl (C=O) groups is 1. The molecule has 0 aliphatic heterocycles. The fourth-order valence-corrected chi connectivity index (χ4v) is 2.89. The summed E-state index contributed by atoms with van der Waals surface area (Å²) in [4.78, 5) is 14.5. The Morgan fingerprint density at radius 1 is 1.20 bits per heavy atom. The first kappa shape index (κ1) is 24.0. The molecule has 25 heavy (non-hydrogen) atoms. The molecule has 0 aromatic heterocycles. The van der Waals surface area contributed by atoms with Gasteiger partial charge in [-0.15, -0.1) is 24.8 Å². The van der Waals surface area contributed by atoms with E-state index in [2.05, 4.69) is 10.2 Å². The van der Waals surface area contributed by atoms with Gasteiger partial charge in [0.05, 0.1) is 5.54 Å². The zero-order valence-electron chi connectivity index (χ0n) is 15.1. The molecule has 0 atom stereocenters. The molecule has 2 rings (SSSR count). The van der Waals surface area contributed by atoms with E-state index in [-0.39, 0.29) is 30.7 Å². The summed E-state index contributed by atoms with van der Waals surface area (Å²) in [5.74, 6) is 0.782. The fraction of sp³-hybridized carbons (Fsp3) is 0.611. The van der Waals surface area contributed by atoms with E-state index in [9.17, 15) is 4.79 Å². The predicted octanol–water partition coefficient (Wildman–Crippen LogP) is 2.75. The van der Waals surface area contributed by atoms with Gasteiger partial charge in [-0.2, -0.15) is 0 Å². The SMILES string of the molecule is CN(C)CCOc1ccccc1CNC(=O)C1(N)CCCCC1.Cl.Cl. The zero-order valence-corrected chi connectivity index (χ0v) is 16.8. The first-order valence-corrected chi connectivity index (χ1v) is 8.44. The molecule has 1 aliphatic rings. The van der Waals surface area contributed by atoms with Gasteiger partial charge in [0.2, 0.25) is 5.91 Å². The number of amides is 1. The van der Waals surface area contributed by atoms with Gasteiger partial charge >= 0.3 is 0 Å². The quantitative estimate of drug-likeness (QED) is 0.749. The van der Waals surface area contributed by atoms with E-state index in [1.165, 1.54) is 6.42 Å². The topological polar surface area (TPSA) is 67.6 Å². The summed E-state index contributed by atoms with van der Waals surface area (Å²) in [5, 5.41) is 2.99. The Hall–Kier alpha value is -1.01. The van der Waals surface area contributed by atoms with E-state index < -0.39 is 5.54 Å². The van der Waals surface area contributed by atoms with Crippen LogP contribution in [0.25, 0.3) is 0 Å². The Balaban J connectivity index is 0.00000288. The van der Waals surface area contributed by atoms with Gasteiger partial charge in [0.1, 0.15) is 12.4 Å². The van der Waals surface area contributed by atoms with Crippen LogP contribution in [0.4, 0.5) is 0 Å². The van der Waals surface area contributed by atoms with Gasteiger partial charge < -0.3 is 20.7 Å². The van der Waals surface area contributed by atoms with E-state index in [0.29, 0.717) is 13.2 Å². The summed E-state index contributed by atoms with van der Waals surface area (Å²) in [6.07, 6.45) is 4.80. The molecule has 7 heteroatoms. The number of hydrogen-bond donors (Lipinski definition) is 2. The van der Waals surface area contributed by atoms with Crippen LogP contribution >= 0.6 is 24.8 Å². The van der Waals surface area contributed by atoms with Gasteiger partial charge in [-0.05, 0) is 33.0 Å². The number of rotatable bonds is 7. The molecule has 3 N–H and O–H groups in total. The van der Waals surface area contributed by atoms with Crippen LogP contribution in [-0.2, 0) is 11.3 Å². The van der Waals surface area contributed by atoms with E-state index in [0.717, 1.165) is 43.5 Å². The number of benzene rings is 1. The third-order valence-corrected chi connectivity index (χ3v) is 4.41. The molecule has 0 bridgehead atoms. The number of hydrogen-bond acceptors (Lipinski definition) is 4. The minimum atomic E-state index is -0.695. The Labute approximate surface area is 163 Å². The largest absolute Gasteiger partial charge is 0.492 e. The highest BCUT2D eigenvalue weighted by molar-refractivity contribution is 5.86. The minimum Gasteiger partial charge on any atom is -0.492 e. The van der Waals surface area contributed by atoms with Crippen LogP contribution in [0, 0.1) is 0 Å². The number of likely N-dealkylation sites (N-methyl/N-ethyl adjacent to an activating group) is 1. The molecule has 1 aliphatic carbocycles. The number of nitrogens with zero attached hydrogens (tertiary/aromatic N) is 1. The average molecular weight is 392 g/mol. The van der Waals surface area contributed by atoms with Crippen LogP contribution in [0.5, 0.6) is 5.75 Å². The highest BCUT2D eigenvalue weighted by Crippen LogP contribution is 2.26. The van der Waals surface area contributed by atoms with Crippen LogP contribution in [0.2, 0.25) is 0 Å². The summed E-state index contributed by atoms with van der Waals surface area (Å²) in [6.45, 7) is 1.93. The molecule has 1 fully saturated rings. The maximum atomic E-state index is 12.4. The lowest BCUT2D eigenvalue weighted by molar-refractivity contribution is -0.127. The molecule has 1 aromatic carbocycles. The maximum absolute atomic E-state index is 12.4. The maximum Gasteiger partial charge on any atom is 0.240 e. The Kier molecular flexibility index (Phi) is 11.1. The summed E-state index contributed by atoms with van der Waals surface area (Å²) < 4.78 is 5.83. The molecule has 0 radical (unpaired) electrons. The molecule has 5 nitrogen and oxygen atoms in total. The summed E-state index contributed by atoms with van der Waals surface area (Å²) in [7, 11) is 4.03. The van der Waals surface area contributed by atoms with Gasteiger partial charge in [0.25, 0.3) is 0 Å². The smallest absolute Gasteiger partial charge is 0.240 e. The third-order valence-electron chi connectivity index (χ3n) is 4.41. The number of ether oxygens (including phenoxy) is 1. The second-order valence-electron chi connectivity index (χ2n) is 6.66. The lowest BCUT2D eigenvalue weighted by Crippen LogP contribution is -2.54. The van der Waals surface area contributed by atoms with Crippen molar-refractivity contribution < 1.29 is 9.53 Å². The van der Waals surface area contributed by atoms with E-state index in [1.54, 1.807) is 0 Å². The van der Waals surface area contributed by atoms with Crippen molar-refractivity contribution in [1.82, 2.24) is 10.2 Å². The van der Waals surface area contributed by atoms with Crippen molar-refractivity contribution in [2.24, 2.45) is 5.73 Å². The highest BCUT2D eigenvalue weighted by Gasteiger charge is 2.34. The third kappa shape index (κ3) is 7.40. The first-order valence-electron chi connectivity index (χ1n) is 8.44. The Morgan fingerprint density at radius 2 is 1.84 bits per heavy atom. The monoisotopic (exact) mass is 391 g/mol. The van der Waals surface area contributed by atoms with Crippen molar-refractivity contribution in [2.45, 2.75) is 44.2 Å². The standard InChI is InChI=1S/C18H29N3O2.2ClH/c1-21(2)12-13-23-16-9-5-4-8-15(16)14-20-17(22)18(19)10-6-3-7-11-18;;/h4-5,8-9H,3,6-7,10-14,19H2,1-2H3,(H,20,22);2*1H. The van der Waals surface area contributed by atoms with Gasteiger partial charge in [0.15, 0.2) is 0 Å². The van der Waals surface area contributed by atoms with Crippen LogP contribution in [0.1, 0.15) is 37.7 Å². The van der Waals surface area contributed by atoms with Crippen LogP contribution in [-0.4, -0.2) is 43.6 Å². The molecule has 1 amide bonds.